The van der Waals surface area contributed by atoms with Crippen molar-refractivity contribution in [3.05, 3.63) is 29.3 Å². The Bertz CT molecular complexity index is 442. The van der Waals surface area contributed by atoms with Gasteiger partial charge in [0.15, 0.2) is 0 Å². The molecule has 0 aromatic heterocycles. The van der Waals surface area contributed by atoms with Crippen molar-refractivity contribution in [2.75, 3.05) is 18.0 Å². The number of hydrogen-bond donors (Lipinski definition) is 1. The lowest BCUT2D eigenvalue weighted by atomic mass is 10.0. The molecule has 3 heteroatoms. The summed E-state index contributed by atoms with van der Waals surface area (Å²) < 4.78 is 0. The number of carbonyl (C=O) groups excluding carboxylic acids is 1. The van der Waals surface area contributed by atoms with Crippen LogP contribution in [0.3, 0.4) is 0 Å². The van der Waals surface area contributed by atoms with E-state index >= 15 is 0 Å². The van der Waals surface area contributed by atoms with E-state index in [0.717, 1.165) is 37.2 Å². The highest BCUT2D eigenvalue weighted by Gasteiger charge is 2.36. The van der Waals surface area contributed by atoms with Crippen LogP contribution in [0.25, 0.3) is 0 Å². The number of amides is 1. The molecule has 1 unspecified atom stereocenters. The molecular weight excluding hydrogens is 224 g/mol. The molecule has 0 radical (unpaired) electrons. The molecule has 2 rings (SSSR count). The number of benzene rings is 1. The minimum atomic E-state index is -0.150. The van der Waals surface area contributed by atoms with E-state index in [1.165, 1.54) is 5.56 Å². The van der Waals surface area contributed by atoms with Gasteiger partial charge < -0.3 is 10.2 Å². The average Bonchev–Trinajstić information content (AvgIpc) is 2.64. The number of hydrogen-bond acceptors (Lipinski definition) is 2. The molecule has 1 heterocycles. The number of fused-ring (bicyclic) bond motifs is 1. The van der Waals surface area contributed by atoms with Crippen LogP contribution in [0.15, 0.2) is 18.2 Å². The third-order valence-electron chi connectivity index (χ3n) is 3.47. The minimum absolute atomic E-state index is 0.150. The number of aryl methyl sites for hydroxylation is 1. The predicted octanol–water partition coefficient (Wildman–Crippen LogP) is 2.66. The summed E-state index contributed by atoms with van der Waals surface area (Å²) in [5.41, 5.74) is 3.53. The Labute approximate surface area is 109 Å². The van der Waals surface area contributed by atoms with Gasteiger partial charge in [-0.1, -0.05) is 32.9 Å². The number of nitrogens with zero attached hydrogens (tertiary/aromatic N) is 1. The predicted molar refractivity (Wildman–Crippen MR) is 74.9 cm³/mol. The number of anilines is 1. The van der Waals surface area contributed by atoms with Crippen LogP contribution in [0.2, 0.25) is 0 Å². The van der Waals surface area contributed by atoms with Gasteiger partial charge in [0.25, 0.3) is 0 Å². The molecule has 98 valence electrons. The Hall–Kier alpha value is -1.35. The molecule has 1 atom stereocenters. The van der Waals surface area contributed by atoms with Crippen LogP contribution >= 0.6 is 0 Å². The van der Waals surface area contributed by atoms with Crippen molar-refractivity contribution < 1.29 is 4.79 Å². The van der Waals surface area contributed by atoms with E-state index in [2.05, 4.69) is 37.4 Å². The van der Waals surface area contributed by atoms with E-state index in [1.807, 2.05) is 11.8 Å². The fraction of sp³-hybridized carbons (Fsp3) is 0.533. The van der Waals surface area contributed by atoms with Gasteiger partial charge in [-0.3, -0.25) is 4.79 Å². The second-order valence-corrected chi connectivity index (χ2v) is 4.73. The monoisotopic (exact) mass is 246 g/mol. The molecule has 0 spiro atoms. The Balaban J connectivity index is 2.41. The maximum atomic E-state index is 12.4. The molecule has 0 aliphatic carbocycles. The summed E-state index contributed by atoms with van der Waals surface area (Å²) in [5, 5.41) is 3.30. The summed E-state index contributed by atoms with van der Waals surface area (Å²) >= 11 is 0. The Kier molecular flexibility index (Phi) is 4.02. The largest absolute Gasteiger partial charge is 0.310 e. The highest BCUT2D eigenvalue weighted by atomic mass is 16.2. The molecule has 1 aromatic rings. The highest BCUT2D eigenvalue weighted by Crippen LogP contribution is 2.36. The molecule has 1 aliphatic rings. The van der Waals surface area contributed by atoms with Gasteiger partial charge in [-0.15, -0.1) is 0 Å². The van der Waals surface area contributed by atoms with E-state index in [9.17, 15) is 4.79 Å². The van der Waals surface area contributed by atoms with E-state index in [4.69, 9.17) is 0 Å². The maximum absolute atomic E-state index is 12.4. The van der Waals surface area contributed by atoms with Crippen molar-refractivity contribution >= 4 is 11.6 Å². The van der Waals surface area contributed by atoms with Gasteiger partial charge in [0.1, 0.15) is 6.04 Å². The summed E-state index contributed by atoms with van der Waals surface area (Å²) in [6.45, 7) is 7.91. The summed E-state index contributed by atoms with van der Waals surface area (Å²) in [5.74, 6) is 0.196. The van der Waals surface area contributed by atoms with Crippen molar-refractivity contribution in [1.82, 2.24) is 5.32 Å². The van der Waals surface area contributed by atoms with Gasteiger partial charge >= 0.3 is 0 Å². The molecule has 18 heavy (non-hydrogen) atoms. The van der Waals surface area contributed by atoms with Crippen LogP contribution in [0.4, 0.5) is 5.69 Å². The van der Waals surface area contributed by atoms with Gasteiger partial charge in [-0.2, -0.15) is 0 Å². The van der Waals surface area contributed by atoms with Crippen LogP contribution in [0.1, 0.15) is 44.4 Å². The van der Waals surface area contributed by atoms with Gasteiger partial charge in [-0.25, -0.2) is 0 Å². The standard InChI is InChI=1S/C15H22N2O/c1-4-9-17-13-8-7-11(5-2)10-12(13)14(15(17)18)16-6-3/h7-8,10,14,16H,4-6,9H2,1-3H3. The molecule has 1 N–H and O–H groups in total. The third kappa shape index (κ3) is 2.15. The van der Waals surface area contributed by atoms with E-state index < -0.39 is 0 Å². The second-order valence-electron chi connectivity index (χ2n) is 4.73. The number of nitrogens with one attached hydrogen (secondary N) is 1. The molecule has 0 saturated carbocycles. The van der Waals surface area contributed by atoms with Crippen LogP contribution in [0, 0.1) is 0 Å². The van der Waals surface area contributed by atoms with Gasteiger partial charge in [0.2, 0.25) is 5.91 Å². The summed E-state index contributed by atoms with van der Waals surface area (Å²) in [6, 6.07) is 6.25. The maximum Gasteiger partial charge on any atom is 0.248 e. The molecular formula is C15H22N2O. The molecule has 0 saturated heterocycles. The first kappa shape index (κ1) is 13.1. The van der Waals surface area contributed by atoms with E-state index in [-0.39, 0.29) is 11.9 Å². The van der Waals surface area contributed by atoms with Crippen molar-refractivity contribution in [3.8, 4) is 0 Å². The van der Waals surface area contributed by atoms with Gasteiger partial charge in [0, 0.05) is 17.8 Å². The summed E-state index contributed by atoms with van der Waals surface area (Å²) in [4.78, 5) is 14.3. The quantitative estimate of drug-likeness (QED) is 0.866. The lowest BCUT2D eigenvalue weighted by Crippen LogP contribution is -2.35. The zero-order chi connectivity index (χ0) is 13.1. The normalized spacial score (nSPS) is 18.3. The Morgan fingerprint density at radius 3 is 2.67 bits per heavy atom. The summed E-state index contributed by atoms with van der Waals surface area (Å²) in [6.07, 6.45) is 1.99. The number of rotatable bonds is 5. The van der Waals surface area contributed by atoms with Crippen LogP contribution in [0.5, 0.6) is 0 Å². The van der Waals surface area contributed by atoms with Crippen molar-refractivity contribution in [2.24, 2.45) is 0 Å². The first-order valence-corrected chi connectivity index (χ1v) is 6.90. The van der Waals surface area contributed by atoms with Crippen molar-refractivity contribution in [3.63, 3.8) is 0 Å². The topological polar surface area (TPSA) is 32.3 Å². The molecule has 3 nitrogen and oxygen atoms in total. The zero-order valence-corrected chi connectivity index (χ0v) is 11.5. The average molecular weight is 246 g/mol. The Morgan fingerprint density at radius 2 is 2.06 bits per heavy atom. The summed E-state index contributed by atoms with van der Waals surface area (Å²) in [7, 11) is 0. The van der Waals surface area contributed by atoms with Crippen molar-refractivity contribution in [1.29, 1.82) is 0 Å². The molecule has 1 amide bonds. The van der Waals surface area contributed by atoms with E-state index in [1.54, 1.807) is 0 Å². The smallest absolute Gasteiger partial charge is 0.248 e. The molecule has 0 bridgehead atoms. The number of likely N-dealkylation sites (N-methyl/N-ethyl adjacent to an activating group) is 1. The molecule has 0 fully saturated rings. The molecule has 1 aliphatic heterocycles. The van der Waals surface area contributed by atoms with Gasteiger partial charge in [-0.05, 0) is 31.0 Å². The van der Waals surface area contributed by atoms with Crippen LogP contribution < -0.4 is 10.2 Å². The second kappa shape index (κ2) is 5.53. The zero-order valence-electron chi connectivity index (χ0n) is 11.5. The Morgan fingerprint density at radius 1 is 1.28 bits per heavy atom. The number of carbonyl (C=O) groups is 1. The van der Waals surface area contributed by atoms with Crippen LogP contribution in [-0.2, 0) is 11.2 Å². The fourth-order valence-corrected chi connectivity index (χ4v) is 2.56. The van der Waals surface area contributed by atoms with E-state index in [0.29, 0.717) is 0 Å². The SMILES string of the molecule is CCCN1C(=O)C(NCC)c2cc(CC)ccc21. The molecule has 1 aromatic carbocycles. The van der Waals surface area contributed by atoms with Crippen LogP contribution in [-0.4, -0.2) is 19.0 Å². The van der Waals surface area contributed by atoms with Crippen molar-refractivity contribution in [2.45, 2.75) is 39.7 Å². The lowest BCUT2D eigenvalue weighted by molar-refractivity contribution is -0.120. The lowest BCUT2D eigenvalue weighted by Gasteiger charge is -2.17. The first-order valence-electron chi connectivity index (χ1n) is 6.90. The van der Waals surface area contributed by atoms with Gasteiger partial charge in [0.05, 0.1) is 0 Å². The minimum Gasteiger partial charge on any atom is -0.310 e. The third-order valence-corrected chi connectivity index (χ3v) is 3.47. The highest BCUT2D eigenvalue weighted by molar-refractivity contribution is 6.04. The fourth-order valence-electron chi connectivity index (χ4n) is 2.56. The first-order chi connectivity index (χ1) is 8.72.